The van der Waals surface area contributed by atoms with E-state index >= 15 is 0 Å². The van der Waals surface area contributed by atoms with Gasteiger partial charge in [0.05, 0.1) is 22.4 Å². The third-order valence-electron chi connectivity index (χ3n) is 13.2. The molecule has 2 aromatic heterocycles. The molecular weight excluding hydrogens is 1000 g/mol. The minimum atomic E-state index is -2.51. The smallest absolute Gasteiger partial charge is 0.269 e. The fourth-order valence-electron chi connectivity index (χ4n) is 10.0. The summed E-state index contributed by atoms with van der Waals surface area (Å²) in [4.78, 5) is 4.87. The fourth-order valence-corrected chi connectivity index (χ4v) is 14.8. The zero-order valence-electron chi connectivity index (χ0n) is 39.4. The minimum absolute atomic E-state index is 0. The molecule has 0 unspecified atom stereocenters. The summed E-state index contributed by atoms with van der Waals surface area (Å²) in [6.07, 6.45) is 3.84. The van der Waals surface area contributed by atoms with Crippen molar-refractivity contribution in [1.29, 1.82) is 0 Å². The van der Waals surface area contributed by atoms with Crippen molar-refractivity contribution in [3.05, 3.63) is 223 Å². The fraction of sp³-hybridized carbons (Fsp3) is 0.197. The van der Waals surface area contributed by atoms with Crippen molar-refractivity contribution in [3.63, 3.8) is 0 Å². The number of benzene rings is 8. The first-order valence-corrected chi connectivity index (χ1v) is 25.4. The van der Waals surface area contributed by atoms with E-state index in [0.717, 1.165) is 11.0 Å². The van der Waals surface area contributed by atoms with Crippen LogP contribution in [0.25, 0.3) is 44.2 Å². The first-order chi connectivity index (χ1) is 31.6. The molecule has 0 bridgehead atoms. The molecule has 1 radical (unpaired) electrons. The van der Waals surface area contributed by atoms with Crippen LogP contribution >= 0.6 is 0 Å². The number of aromatic nitrogens is 3. The second-order valence-electron chi connectivity index (χ2n) is 18.7. The van der Waals surface area contributed by atoms with Gasteiger partial charge < -0.3 is 4.98 Å². The van der Waals surface area contributed by atoms with Crippen molar-refractivity contribution in [2.24, 2.45) is 0 Å². The van der Waals surface area contributed by atoms with Crippen molar-refractivity contribution in [2.75, 3.05) is 0 Å². The maximum absolute atomic E-state index is 4.87. The van der Waals surface area contributed by atoms with Gasteiger partial charge in [-0.15, -0.1) is 11.0 Å². The van der Waals surface area contributed by atoms with Gasteiger partial charge in [0.25, 0.3) is 6.33 Å². The second-order valence-corrected chi connectivity index (χ2v) is 22.5. The Morgan fingerprint density at radius 1 is 0.424 bits per heavy atom. The molecule has 0 spiro atoms. The Morgan fingerprint density at radius 2 is 0.864 bits per heavy atom. The molecule has 0 saturated carbocycles. The summed E-state index contributed by atoms with van der Waals surface area (Å²) in [6, 6.07) is 70.8. The molecule has 335 valence electrons. The molecule has 0 amide bonds. The molecule has 0 aliphatic heterocycles. The van der Waals surface area contributed by atoms with Gasteiger partial charge in [0.15, 0.2) is 8.07 Å². The summed E-state index contributed by atoms with van der Waals surface area (Å²) in [7, 11) is -2.51. The van der Waals surface area contributed by atoms with Gasteiger partial charge in [0.1, 0.15) is 0 Å². The van der Waals surface area contributed by atoms with Crippen LogP contribution in [-0.2, 0) is 22.4 Å². The summed E-state index contributed by atoms with van der Waals surface area (Å²) in [5.74, 6) is 1.71. The molecule has 5 heteroatoms. The maximum Gasteiger partial charge on any atom is 0.269 e. The number of para-hydroxylation sites is 5. The number of hydrogen-bond acceptors (Lipinski definition) is 0. The Bertz CT molecular complexity index is 2970. The van der Waals surface area contributed by atoms with E-state index in [2.05, 4.69) is 265 Å². The van der Waals surface area contributed by atoms with Gasteiger partial charge in [-0.3, -0.25) is 9.13 Å². The summed E-state index contributed by atoms with van der Waals surface area (Å²) in [6.45, 7) is 18.3. The van der Waals surface area contributed by atoms with Gasteiger partial charge in [-0.05, 0) is 77.4 Å². The molecule has 3 nitrogen and oxygen atoms in total. The predicted molar refractivity (Wildman–Crippen MR) is 278 cm³/mol. The van der Waals surface area contributed by atoms with E-state index in [1.165, 1.54) is 76.2 Å². The van der Waals surface area contributed by atoms with E-state index in [0.29, 0.717) is 23.7 Å². The Morgan fingerprint density at radius 3 is 1.38 bits per heavy atom. The number of imidazole rings is 1. The Kier molecular flexibility index (Phi) is 14.0. The van der Waals surface area contributed by atoms with Crippen molar-refractivity contribution in [2.45, 2.75) is 79.1 Å². The molecule has 0 saturated heterocycles. The van der Waals surface area contributed by atoms with Crippen molar-refractivity contribution < 1.29 is 26.9 Å². The molecule has 0 N–H and O–H groups in total. The molecule has 0 fully saturated rings. The molecule has 0 atom stereocenters. The van der Waals surface area contributed by atoms with E-state index in [9.17, 15) is 0 Å². The van der Waals surface area contributed by atoms with Crippen LogP contribution in [0.3, 0.4) is 0 Å². The first kappa shape index (κ1) is 46.5. The van der Waals surface area contributed by atoms with Crippen molar-refractivity contribution >= 4 is 61.7 Å². The topological polar surface area (TPSA) is 22.9 Å². The SMILES string of the molecule is CC(C)c1cccc(C(C)C)c1-n1[c-][n+](-c2c(C(C)C)cccc2C(C)C)c2ccccc21.[Au].c1ccc([Si](c2ccccc2)(c2ccccc2)c2ccc3[n-]c4ccccc4c3c2)cc1. The largest absolute Gasteiger partial charge is 0.657 e. The van der Waals surface area contributed by atoms with E-state index in [1.807, 2.05) is 0 Å². The molecule has 2 heterocycles. The van der Waals surface area contributed by atoms with Gasteiger partial charge in [-0.2, -0.15) is 0 Å². The predicted octanol–water partition coefficient (Wildman–Crippen LogP) is 12.5. The van der Waals surface area contributed by atoms with Crippen LogP contribution in [0.15, 0.2) is 194 Å². The van der Waals surface area contributed by atoms with Gasteiger partial charge >= 0.3 is 0 Å². The maximum atomic E-state index is 4.87. The summed E-state index contributed by atoms with van der Waals surface area (Å²) < 4.78 is 4.64. The number of nitrogens with zero attached hydrogens (tertiary/aromatic N) is 3. The Hall–Kier alpha value is -6.01. The van der Waals surface area contributed by atoms with Gasteiger partial charge in [0, 0.05) is 22.4 Å². The molecule has 0 aliphatic rings. The first-order valence-electron chi connectivity index (χ1n) is 23.4. The van der Waals surface area contributed by atoms with Crippen LogP contribution in [0.4, 0.5) is 0 Å². The van der Waals surface area contributed by atoms with Crippen LogP contribution < -0.4 is 30.3 Å². The minimum Gasteiger partial charge on any atom is -0.657 e. The van der Waals surface area contributed by atoms with Gasteiger partial charge in [0.2, 0.25) is 0 Å². The third-order valence-corrected chi connectivity index (χ3v) is 18.0. The summed E-state index contributed by atoms with van der Waals surface area (Å²) in [5.41, 5.74) is 12.5. The second kappa shape index (κ2) is 19.8. The van der Waals surface area contributed by atoms with Crippen LogP contribution in [0.5, 0.6) is 0 Å². The van der Waals surface area contributed by atoms with E-state index in [4.69, 9.17) is 4.98 Å². The zero-order valence-corrected chi connectivity index (χ0v) is 42.6. The van der Waals surface area contributed by atoms with Crippen LogP contribution in [-0.4, -0.2) is 12.6 Å². The number of rotatable bonds is 10. The van der Waals surface area contributed by atoms with Crippen molar-refractivity contribution in [3.8, 4) is 11.4 Å². The zero-order chi connectivity index (χ0) is 45.2. The van der Waals surface area contributed by atoms with Gasteiger partial charge in [-0.1, -0.05) is 250 Å². The van der Waals surface area contributed by atoms with E-state index in [1.54, 1.807) is 0 Å². The average molecular weight is 1060 g/mol. The monoisotopic (exact) mass is 1060 g/mol. The summed E-state index contributed by atoms with van der Waals surface area (Å²) in [5, 5.41) is 8.01. The van der Waals surface area contributed by atoms with Crippen LogP contribution in [0, 0.1) is 6.33 Å². The normalized spacial score (nSPS) is 11.8. The average Bonchev–Trinajstić information content (AvgIpc) is 3.91. The van der Waals surface area contributed by atoms with Crippen LogP contribution in [0.1, 0.15) is 101 Å². The molecule has 8 aromatic carbocycles. The van der Waals surface area contributed by atoms with Gasteiger partial charge in [-0.25, -0.2) is 0 Å². The molecule has 10 aromatic rings. The Balaban J connectivity index is 0.000000177. The molecule has 66 heavy (non-hydrogen) atoms. The van der Waals surface area contributed by atoms with E-state index in [-0.39, 0.29) is 22.4 Å². The molecule has 0 aliphatic carbocycles. The number of hydrogen-bond donors (Lipinski definition) is 0. The quantitative estimate of drug-likeness (QED) is 0.0579. The van der Waals surface area contributed by atoms with E-state index < -0.39 is 8.07 Å². The molecule has 10 rings (SSSR count). The third kappa shape index (κ3) is 8.48. The van der Waals surface area contributed by atoms with Crippen molar-refractivity contribution in [1.82, 2.24) is 9.55 Å². The Labute approximate surface area is 408 Å². The summed E-state index contributed by atoms with van der Waals surface area (Å²) >= 11 is 0. The van der Waals surface area contributed by atoms with Crippen LogP contribution in [0.2, 0.25) is 0 Å². The number of fused-ring (bicyclic) bond motifs is 4. The molecular formula is C61H60AuN3Si-. The standard InChI is InChI=1S/C31H38N2.C30H22NSi.Au/c1-20(2)24-13-11-14-25(21(3)4)30(24)32-19-33(29-18-10-9-17-28(29)32)31-26(22(5)6)15-12-16-27(31)23(7)8;1-4-12-23(13-5-1)32(24-14-6-2-7-15-24,25-16-8-3-9-17-25)26-20-21-30-28(22-26)27-18-10-11-19-29(27)31-30;/h9-18,20-23H,1-8H3;1-22H;/q;-1;.